The number of rotatable bonds is 3. The van der Waals surface area contributed by atoms with Gasteiger partial charge < -0.3 is 0 Å². The van der Waals surface area contributed by atoms with Crippen molar-refractivity contribution in [2.45, 2.75) is 4.90 Å². The molecule has 0 aliphatic carbocycles. The van der Waals surface area contributed by atoms with E-state index in [0.717, 1.165) is 22.8 Å². The predicted molar refractivity (Wildman–Crippen MR) is 75.0 cm³/mol. The Morgan fingerprint density at radius 1 is 0.944 bits per heavy atom. The van der Waals surface area contributed by atoms with Gasteiger partial charge in [-0.25, -0.2) is 0 Å². The molecule has 2 aromatic carbocycles. The lowest BCUT2D eigenvalue weighted by Gasteiger charge is -2.04. The number of hydrogen-bond acceptors (Lipinski definition) is 2. The summed E-state index contributed by atoms with van der Waals surface area (Å²) in [6.07, 6.45) is 2.90. The number of benzene rings is 2. The maximum atomic E-state index is 11.0. The number of carbonyl (C=O) groups excluding carboxylic acids is 1. The van der Waals surface area contributed by atoms with Crippen molar-refractivity contribution in [1.29, 1.82) is 0 Å². The second kappa shape index (κ2) is 4.70. The number of hydrogen-bond donors (Lipinski definition) is 0. The van der Waals surface area contributed by atoms with Crippen molar-refractivity contribution in [3.05, 3.63) is 66.4 Å². The van der Waals surface area contributed by atoms with Crippen molar-refractivity contribution in [2.75, 3.05) is 0 Å². The summed E-state index contributed by atoms with van der Waals surface area (Å²) in [4.78, 5) is 12.1. The molecule has 0 N–H and O–H groups in total. The molecule has 2 nitrogen and oxygen atoms in total. The third-order valence-electron chi connectivity index (χ3n) is 2.80. The number of fused-ring (bicyclic) bond motifs is 1. The molecule has 0 bridgehead atoms. The van der Waals surface area contributed by atoms with Crippen molar-refractivity contribution in [3.63, 3.8) is 0 Å². The molecule has 0 aliphatic rings. The fourth-order valence-electron chi connectivity index (χ4n) is 1.94. The molecule has 1 aromatic heterocycles. The highest BCUT2D eigenvalue weighted by Crippen LogP contribution is 2.27. The van der Waals surface area contributed by atoms with E-state index in [-0.39, 0.29) is 0 Å². The molecule has 3 heteroatoms. The highest BCUT2D eigenvalue weighted by molar-refractivity contribution is 7.98. The minimum atomic E-state index is 0.736. The number of aromatic nitrogens is 1. The van der Waals surface area contributed by atoms with E-state index in [2.05, 4.69) is 16.1 Å². The van der Waals surface area contributed by atoms with Gasteiger partial charge in [0.05, 0.1) is 5.52 Å². The lowest BCUT2D eigenvalue weighted by molar-refractivity contribution is 0.112. The molecule has 3 rings (SSSR count). The third kappa shape index (κ3) is 1.93. The smallest absolute Gasteiger partial charge is 0.150 e. The molecule has 0 amide bonds. The summed E-state index contributed by atoms with van der Waals surface area (Å²) in [5.41, 5.74) is 1.80. The van der Waals surface area contributed by atoms with Gasteiger partial charge in [-0.2, -0.15) is 0 Å². The van der Waals surface area contributed by atoms with Gasteiger partial charge in [0.1, 0.15) is 0 Å². The van der Waals surface area contributed by atoms with Crippen LogP contribution in [-0.2, 0) is 0 Å². The lowest BCUT2D eigenvalue weighted by atomic mass is 10.1. The molecular formula is C15H11NOS. The SMILES string of the molecule is O=Cc1cccc2c1ccn2Sc1ccccc1. The van der Waals surface area contributed by atoms with Crippen LogP contribution in [0, 0.1) is 0 Å². The van der Waals surface area contributed by atoms with Gasteiger partial charge in [0.2, 0.25) is 0 Å². The number of nitrogens with zero attached hydrogens (tertiary/aromatic N) is 1. The Bertz CT molecular complexity index is 688. The molecular weight excluding hydrogens is 242 g/mol. The zero-order valence-electron chi connectivity index (χ0n) is 9.61. The molecule has 0 saturated carbocycles. The fourth-order valence-corrected chi connectivity index (χ4v) is 2.83. The molecule has 1 heterocycles. The van der Waals surface area contributed by atoms with Crippen molar-refractivity contribution in [1.82, 2.24) is 3.97 Å². The Balaban J connectivity index is 2.06. The second-order valence-electron chi connectivity index (χ2n) is 3.94. The minimum absolute atomic E-state index is 0.736. The Morgan fingerprint density at radius 2 is 1.78 bits per heavy atom. The van der Waals surface area contributed by atoms with E-state index in [1.807, 2.05) is 48.7 Å². The van der Waals surface area contributed by atoms with Crippen LogP contribution in [0.25, 0.3) is 10.9 Å². The van der Waals surface area contributed by atoms with Gasteiger partial charge in [0.25, 0.3) is 0 Å². The van der Waals surface area contributed by atoms with E-state index in [1.165, 1.54) is 4.90 Å². The minimum Gasteiger partial charge on any atom is -0.298 e. The van der Waals surface area contributed by atoms with E-state index in [0.29, 0.717) is 0 Å². The predicted octanol–water partition coefficient (Wildman–Crippen LogP) is 4.01. The first kappa shape index (κ1) is 11.1. The topological polar surface area (TPSA) is 22.0 Å². The summed E-state index contributed by atoms with van der Waals surface area (Å²) < 4.78 is 2.08. The Kier molecular flexibility index (Phi) is 2.90. The van der Waals surface area contributed by atoms with Gasteiger partial charge in [-0.3, -0.25) is 8.77 Å². The molecule has 0 radical (unpaired) electrons. The monoisotopic (exact) mass is 253 g/mol. The van der Waals surface area contributed by atoms with Crippen LogP contribution in [0.3, 0.4) is 0 Å². The molecule has 0 unspecified atom stereocenters. The number of aldehydes is 1. The third-order valence-corrected chi connectivity index (χ3v) is 3.80. The highest BCUT2D eigenvalue weighted by Gasteiger charge is 2.05. The molecule has 0 aliphatic heterocycles. The van der Waals surface area contributed by atoms with Gasteiger partial charge in [-0.05, 0) is 36.2 Å². The Morgan fingerprint density at radius 3 is 2.56 bits per heavy atom. The lowest BCUT2D eigenvalue weighted by Crippen LogP contribution is -1.85. The van der Waals surface area contributed by atoms with Crippen LogP contribution in [0.5, 0.6) is 0 Å². The molecule has 0 spiro atoms. The van der Waals surface area contributed by atoms with Gasteiger partial charge >= 0.3 is 0 Å². The van der Waals surface area contributed by atoms with E-state index in [4.69, 9.17) is 0 Å². The fraction of sp³-hybridized carbons (Fsp3) is 0. The second-order valence-corrected chi connectivity index (χ2v) is 4.99. The van der Waals surface area contributed by atoms with Gasteiger partial charge in [-0.15, -0.1) is 0 Å². The quantitative estimate of drug-likeness (QED) is 0.658. The first-order valence-corrected chi connectivity index (χ1v) is 6.44. The van der Waals surface area contributed by atoms with Crippen molar-refractivity contribution >= 4 is 29.1 Å². The van der Waals surface area contributed by atoms with E-state index in [1.54, 1.807) is 11.9 Å². The van der Waals surface area contributed by atoms with Crippen molar-refractivity contribution in [3.8, 4) is 0 Å². The molecule has 0 fully saturated rings. The summed E-state index contributed by atoms with van der Waals surface area (Å²) in [5, 5.41) is 0.996. The maximum Gasteiger partial charge on any atom is 0.150 e. The molecule has 0 saturated heterocycles. The summed E-state index contributed by atoms with van der Waals surface area (Å²) in [6.45, 7) is 0. The maximum absolute atomic E-state index is 11.0. The van der Waals surface area contributed by atoms with E-state index in [9.17, 15) is 4.79 Å². The van der Waals surface area contributed by atoms with Crippen LogP contribution < -0.4 is 0 Å². The first-order chi connectivity index (χ1) is 8.88. The Labute approximate surface area is 109 Å². The zero-order valence-corrected chi connectivity index (χ0v) is 10.4. The van der Waals surface area contributed by atoms with Crippen molar-refractivity contribution < 1.29 is 4.79 Å². The van der Waals surface area contributed by atoms with Crippen LogP contribution in [0.4, 0.5) is 0 Å². The summed E-state index contributed by atoms with van der Waals surface area (Å²) in [5.74, 6) is 0. The van der Waals surface area contributed by atoms with Crippen LogP contribution in [-0.4, -0.2) is 10.3 Å². The van der Waals surface area contributed by atoms with Gasteiger partial charge in [0, 0.05) is 22.0 Å². The molecule has 18 heavy (non-hydrogen) atoms. The standard InChI is InChI=1S/C15H11NOS/c17-11-12-5-4-8-15-14(12)9-10-16(15)18-13-6-2-1-3-7-13/h1-11H. The first-order valence-electron chi connectivity index (χ1n) is 5.67. The van der Waals surface area contributed by atoms with Crippen molar-refractivity contribution in [2.24, 2.45) is 0 Å². The zero-order chi connectivity index (χ0) is 12.4. The average molecular weight is 253 g/mol. The van der Waals surface area contributed by atoms with Gasteiger partial charge in [0.15, 0.2) is 6.29 Å². The van der Waals surface area contributed by atoms with Crippen LogP contribution in [0.2, 0.25) is 0 Å². The highest BCUT2D eigenvalue weighted by atomic mass is 32.2. The van der Waals surface area contributed by atoms with E-state index >= 15 is 0 Å². The normalized spacial score (nSPS) is 10.7. The molecule has 0 atom stereocenters. The van der Waals surface area contributed by atoms with Crippen LogP contribution in [0.1, 0.15) is 10.4 Å². The summed E-state index contributed by atoms with van der Waals surface area (Å²) in [7, 11) is 0. The van der Waals surface area contributed by atoms with E-state index < -0.39 is 0 Å². The number of carbonyl (C=O) groups is 1. The Hall–Kier alpha value is -2.00. The average Bonchev–Trinajstić information content (AvgIpc) is 2.83. The van der Waals surface area contributed by atoms with Crippen LogP contribution in [0.15, 0.2) is 65.7 Å². The summed E-state index contributed by atoms with van der Waals surface area (Å²) >= 11 is 1.64. The van der Waals surface area contributed by atoms with Gasteiger partial charge in [-0.1, -0.05) is 30.3 Å². The largest absolute Gasteiger partial charge is 0.298 e. The molecule has 88 valence electrons. The molecule has 3 aromatic rings. The van der Waals surface area contributed by atoms with Crippen LogP contribution >= 0.6 is 11.9 Å². The summed E-state index contributed by atoms with van der Waals surface area (Å²) in [6, 6.07) is 17.9.